The molecule has 0 radical (unpaired) electrons. The van der Waals surface area contributed by atoms with E-state index >= 15 is 0 Å². The first-order valence-electron chi connectivity index (χ1n) is 6.00. The highest BCUT2D eigenvalue weighted by atomic mass is 16.7. The van der Waals surface area contributed by atoms with E-state index in [0.717, 1.165) is 50.4 Å². The molecule has 4 heteroatoms. The van der Waals surface area contributed by atoms with Gasteiger partial charge in [-0.15, -0.1) is 0 Å². The van der Waals surface area contributed by atoms with Crippen molar-refractivity contribution in [2.45, 2.75) is 45.3 Å². The van der Waals surface area contributed by atoms with E-state index in [0.29, 0.717) is 0 Å². The molecular formula is C12H19NO3. The zero-order chi connectivity index (χ0) is 11.2. The third kappa shape index (κ3) is 3.61. The molecule has 2 rings (SSSR count). The Kier molecular flexibility index (Phi) is 4.36. The molecule has 1 unspecified atom stereocenters. The molecule has 90 valence electrons. The first-order valence-corrected chi connectivity index (χ1v) is 6.00. The minimum absolute atomic E-state index is 0.0187. The lowest BCUT2D eigenvalue weighted by Crippen LogP contribution is -2.22. The Labute approximate surface area is 95.9 Å². The summed E-state index contributed by atoms with van der Waals surface area (Å²) in [6, 6.07) is 1.97. The van der Waals surface area contributed by atoms with E-state index in [1.165, 1.54) is 6.42 Å². The zero-order valence-corrected chi connectivity index (χ0v) is 9.78. The molecule has 1 atom stereocenters. The van der Waals surface area contributed by atoms with Crippen LogP contribution in [0.2, 0.25) is 0 Å². The quantitative estimate of drug-likeness (QED) is 0.722. The zero-order valence-electron chi connectivity index (χ0n) is 9.78. The third-order valence-corrected chi connectivity index (χ3v) is 2.69. The molecule has 0 spiro atoms. The summed E-state index contributed by atoms with van der Waals surface area (Å²) in [5, 5.41) is 3.84. The van der Waals surface area contributed by atoms with Gasteiger partial charge in [-0.3, -0.25) is 0 Å². The van der Waals surface area contributed by atoms with E-state index in [-0.39, 0.29) is 6.29 Å². The topological polar surface area (TPSA) is 44.5 Å². The van der Waals surface area contributed by atoms with E-state index in [2.05, 4.69) is 5.16 Å². The van der Waals surface area contributed by atoms with Crippen molar-refractivity contribution in [3.63, 3.8) is 0 Å². The lowest BCUT2D eigenvalue weighted by molar-refractivity contribution is -0.162. The highest BCUT2D eigenvalue weighted by Gasteiger charge is 2.13. The molecular weight excluding hydrogens is 206 g/mol. The van der Waals surface area contributed by atoms with Gasteiger partial charge < -0.3 is 14.0 Å². The van der Waals surface area contributed by atoms with E-state index in [9.17, 15) is 0 Å². The van der Waals surface area contributed by atoms with Gasteiger partial charge in [0.15, 0.2) is 6.29 Å². The first kappa shape index (κ1) is 11.6. The van der Waals surface area contributed by atoms with Crippen LogP contribution in [0.1, 0.15) is 37.1 Å². The molecule has 1 fully saturated rings. The summed E-state index contributed by atoms with van der Waals surface area (Å²) in [6.07, 6.45) is 5.26. The van der Waals surface area contributed by atoms with Gasteiger partial charge in [-0.1, -0.05) is 5.16 Å². The highest BCUT2D eigenvalue weighted by Crippen LogP contribution is 2.14. The fourth-order valence-electron chi connectivity index (χ4n) is 1.84. The number of aromatic nitrogens is 1. The van der Waals surface area contributed by atoms with Crippen molar-refractivity contribution in [2.75, 3.05) is 13.2 Å². The maximum absolute atomic E-state index is 5.63. The summed E-state index contributed by atoms with van der Waals surface area (Å²) in [5.74, 6) is 0.936. The summed E-state index contributed by atoms with van der Waals surface area (Å²) in [6.45, 7) is 3.50. The van der Waals surface area contributed by atoms with Crippen LogP contribution in [-0.4, -0.2) is 24.7 Å². The maximum Gasteiger partial charge on any atom is 0.157 e. The Balaban J connectivity index is 1.57. The first-order chi connectivity index (χ1) is 7.84. The fourth-order valence-corrected chi connectivity index (χ4v) is 1.84. The van der Waals surface area contributed by atoms with Crippen LogP contribution in [-0.2, 0) is 15.9 Å². The predicted molar refractivity (Wildman–Crippen MR) is 59.1 cm³/mol. The van der Waals surface area contributed by atoms with Crippen molar-refractivity contribution in [3.05, 3.63) is 17.5 Å². The molecule has 2 heterocycles. The van der Waals surface area contributed by atoms with Crippen molar-refractivity contribution in [2.24, 2.45) is 0 Å². The summed E-state index contributed by atoms with van der Waals surface area (Å²) in [4.78, 5) is 0. The third-order valence-electron chi connectivity index (χ3n) is 2.69. The Bertz CT molecular complexity index is 305. The molecule has 0 N–H and O–H groups in total. The maximum atomic E-state index is 5.63. The average molecular weight is 225 g/mol. The van der Waals surface area contributed by atoms with Crippen LogP contribution >= 0.6 is 0 Å². The van der Waals surface area contributed by atoms with Crippen LogP contribution in [0, 0.1) is 6.92 Å². The second kappa shape index (κ2) is 6.01. The van der Waals surface area contributed by atoms with Gasteiger partial charge in [0, 0.05) is 19.1 Å². The van der Waals surface area contributed by atoms with Gasteiger partial charge in [-0.2, -0.15) is 0 Å². The van der Waals surface area contributed by atoms with E-state index in [1.807, 2.05) is 13.0 Å². The smallest absolute Gasteiger partial charge is 0.157 e. The van der Waals surface area contributed by atoms with Crippen LogP contribution in [0.5, 0.6) is 0 Å². The number of hydrogen-bond donors (Lipinski definition) is 0. The second-order valence-electron chi connectivity index (χ2n) is 4.21. The van der Waals surface area contributed by atoms with E-state index in [4.69, 9.17) is 14.0 Å². The molecule has 0 saturated carbocycles. The van der Waals surface area contributed by atoms with Crippen molar-refractivity contribution in [1.29, 1.82) is 0 Å². The monoisotopic (exact) mass is 225 g/mol. The largest absolute Gasteiger partial charge is 0.361 e. The van der Waals surface area contributed by atoms with Crippen LogP contribution in [0.15, 0.2) is 10.6 Å². The highest BCUT2D eigenvalue weighted by molar-refractivity contribution is 5.02. The van der Waals surface area contributed by atoms with Gasteiger partial charge in [0.1, 0.15) is 5.76 Å². The normalized spacial score (nSPS) is 21.2. The number of aryl methyl sites for hydroxylation is 2. The molecule has 0 amide bonds. The molecule has 1 aliphatic rings. The van der Waals surface area contributed by atoms with Crippen molar-refractivity contribution in [3.8, 4) is 0 Å². The lowest BCUT2D eigenvalue weighted by Gasteiger charge is -2.22. The number of hydrogen-bond acceptors (Lipinski definition) is 4. The van der Waals surface area contributed by atoms with Crippen molar-refractivity contribution in [1.82, 2.24) is 5.16 Å². The van der Waals surface area contributed by atoms with Crippen LogP contribution < -0.4 is 0 Å². The molecule has 0 aliphatic carbocycles. The minimum Gasteiger partial charge on any atom is -0.361 e. The fraction of sp³-hybridized carbons (Fsp3) is 0.750. The van der Waals surface area contributed by atoms with Gasteiger partial charge in [0.25, 0.3) is 0 Å². The predicted octanol–water partition coefficient (Wildman–Crippen LogP) is 2.46. The Morgan fingerprint density at radius 3 is 3.12 bits per heavy atom. The molecule has 0 aromatic carbocycles. The van der Waals surface area contributed by atoms with Gasteiger partial charge in [0.2, 0.25) is 0 Å². The minimum atomic E-state index is 0.0187. The summed E-state index contributed by atoms with van der Waals surface area (Å²) < 4.78 is 16.2. The number of nitrogens with zero attached hydrogens (tertiary/aromatic N) is 1. The molecule has 1 aliphatic heterocycles. The number of ether oxygens (including phenoxy) is 2. The Hall–Kier alpha value is -0.870. The van der Waals surface area contributed by atoms with E-state index in [1.54, 1.807) is 0 Å². The molecule has 1 aromatic rings. The molecule has 1 saturated heterocycles. The molecule has 16 heavy (non-hydrogen) atoms. The average Bonchev–Trinajstić information content (AvgIpc) is 2.72. The SMILES string of the molecule is Cc1cc(CCCOC2CCCCO2)on1. The lowest BCUT2D eigenvalue weighted by atomic mass is 10.2. The van der Waals surface area contributed by atoms with Crippen LogP contribution in [0.4, 0.5) is 0 Å². The van der Waals surface area contributed by atoms with Gasteiger partial charge in [-0.05, 0) is 32.6 Å². The summed E-state index contributed by atoms with van der Waals surface area (Å²) in [5.41, 5.74) is 0.937. The molecule has 1 aromatic heterocycles. The number of rotatable bonds is 5. The molecule has 0 bridgehead atoms. The second-order valence-corrected chi connectivity index (χ2v) is 4.21. The van der Waals surface area contributed by atoms with Gasteiger partial charge >= 0.3 is 0 Å². The van der Waals surface area contributed by atoms with Crippen LogP contribution in [0.25, 0.3) is 0 Å². The van der Waals surface area contributed by atoms with Crippen molar-refractivity contribution >= 4 is 0 Å². The van der Waals surface area contributed by atoms with Crippen LogP contribution in [0.3, 0.4) is 0 Å². The Morgan fingerprint density at radius 2 is 2.44 bits per heavy atom. The van der Waals surface area contributed by atoms with Crippen molar-refractivity contribution < 1.29 is 14.0 Å². The van der Waals surface area contributed by atoms with Gasteiger partial charge in [0.05, 0.1) is 12.3 Å². The summed E-state index contributed by atoms with van der Waals surface area (Å²) >= 11 is 0. The standard InChI is InChI=1S/C12H19NO3/c1-10-9-11(16-13-10)5-4-8-15-12-6-2-3-7-14-12/h9,12H,2-8H2,1H3. The summed E-state index contributed by atoms with van der Waals surface area (Å²) in [7, 11) is 0. The molecule has 4 nitrogen and oxygen atoms in total. The van der Waals surface area contributed by atoms with E-state index < -0.39 is 0 Å². The van der Waals surface area contributed by atoms with Gasteiger partial charge in [-0.25, -0.2) is 0 Å². The Morgan fingerprint density at radius 1 is 1.50 bits per heavy atom.